The van der Waals surface area contributed by atoms with Crippen molar-refractivity contribution in [2.75, 3.05) is 13.7 Å². The fraction of sp³-hybridized carbons (Fsp3) is 0.188. The van der Waals surface area contributed by atoms with E-state index in [1.807, 2.05) is 18.2 Å². The second-order valence-electron chi connectivity index (χ2n) is 4.60. The lowest BCUT2D eigenvalue weighted by atomic mass is 10.0. The van der Waals surface area contributed by atoms with E-state index in [1.165, 1.54) is 0 Å². The first kappa shape index (κ1) is 13.2. The summed E-state index contributed by atoms with van der Waals surface area (Å²) in [5.41, 5.74) is 2.42. The van der Waals surface area contributed by atoms with Crippen LogP contribution in [0.2, 0.25) is 0 Å². The number of hydrogen-bond donors (Lipinski definition) is 0. The summed E-state index contributed by atoms with van der Waals surface area (Å²) in [5.74, 6) is 1.60. The van der Waals surface area contributed by atoms with E-state index in [1.54, 1.807) is 25.3 Å². The van der Waals surface area contributed by atoms with E-state index in [9.17, 15) is 4.79 Å². The van der Waals surface area contributed by atoms with Gasteiger partial charge < -0.3 is 9.47 Å². The van der Waals surface area contributed by atoms with Crippen LogP contribution in [0.15, 0.2) is 40.9 Å². The molecule has 0 amide bonds. The maximum Gasteiger partial charge on any atom is 0.193 e. The maximum absolute atomic E-state index is 12.5. The van der Waals surface area contributed by atoms with Gasteiger partial charge in [0.1, 0.15) is 11.5 Å². The minimum atomic E-state index is 0.00283. The number of methoxy groups -OCH3 is 1. The van der Waals surface area contributed by atoms with Crippen LogP contribution in [-0.2, 0) is 6.42 Å². The predicted octanol–water partition coefficient (Wildman–Crippen LogP) is 3.62. The molecule has 4 heteroatoms. The van der Waals surface area contributed by atoms with Gasteiger partial charge in [0.15, 0.2) is 5.78 Å². The fourth-order valence-corrected chi connectivity index (χ4v) is 2.84. The van der Waals surface area contributed by atoms with Crippen LogP contribution < -0.4 is 9.47 Å². The van der Waals surface area contributed by atoms with Crippen molar-refractivity contribution in [2.45, 2.75) is 6.42 Å². The molecule has 2 aromatic rings. The van der Waals surface area contributed by atoms with E-state index >= 15 is 0 Å². The SMILES string of the molecule is COc1ccc(C(=O)c2ccc3c(c2)CCO3)cc1Br. The topological polar surface area (TPSA) is 35.5 Å². The molecule has 0 saturated heterocycles. The lowest BCUT2D eigenvalue weighted by Crippen LogP contribution is -2.02. The van der Waals surface area contributed by atoms with Crippen LogP contribution in [-0.4, -0.2) is 19.5 Å². The minimum absolute atomic E-state index is 0.00283. The van der Waals surface area contributed by atoms with E-state index in [0.717, 1.165) is 22.2 Å². The maximum atomic E-state index is 12.5. The monoisotopic (exact) mass is 332 g/mol. The van der Waals surface area contributed by atoms with E-state index in [-0.39, 0.29) is 5.78 Å². The quantitative estimate of drug-likeness (QED) is 0.805. The molecule has 1 heterocycles. The second kappa shape index (κ2) is 5.29. The van der Waals surface area contributed by atoms with Gasteiger partial charge in [-0.25, -0.2) is 0 Å². The Hall–Kier alpha value is -1.81. The zero-order valence-electron chi connectivity index (χ0n) is 11.0. The van der Waals surface area contributed by atoms with Gasteiger partial charge in [-0.15, -0.1) is 0 Å². The molecule has 0 radical (unpaired) electrons. The van der Waals surface area contributed by atoms with Gasteiger partial charge in [-0.3, -0.25) is 4.79 Å². The van der Waals surface area contributed by atoms with Crippen molar-refractivity contribution in [1.82, 2.24) is 0 Å². The number of carbonyl (C=O) groups is 1. The van der Waals surface area contributed by atoms with Crippen LogP contribution in [0.4, 0.5) is 0 Å². The number of hydrogen-bond acceptors (Lipinski definition) is 3. The molecule has 0 unspecified atom stereocenters. The molecule has 102 valence electrons. The number of fused-ring (bicyclic) bond motifs is 1. The molecule has 1 aliphatic heterocycles. The van der Waals surface area contributed by atoms with Gasteiger partial charge in [0.25, 0.3) is 0 Å². The molecule has 20 heavy (non-hydrogen) atoms. The number of ether oxygens (including phenoxy) is 2. The average molecular weight is 333 g/mol. The average Bonchev–Trinajstić information content (AvgIpc) is 2.93. The number of ketones is 1. The predicted molar refractivity (Wildman–Crippen MR) is 79.8 cm³/mol. The summed E-state index contributed by atoms with van der Waals surface area (Å²) in [6.07, 6.45) is 0.864. The lowest BCUT2D eigenvalue weighted by molar-refractivity contribution is 0.103. The second-order valence-corrected chi connectivity index (χ2v) is 5.45. The number of rotatable bonds is 3. The number of benzene rings is 2. The molecule has 0 N–H and O–H groups in total. The highest BCUT2D eigenvalue weighted by Gasteiger charge is 2.16. The number of carbonyl (C=O) groups excluding carboxylic acids is 1. The molecule has 0 saturated carbocycles. The van der Waals surface area contributed by atoms with Crippen molar-refractivity contribution in [3.05, 3.63) is 57.6 Å². The Morgan fingerprint density at radius 2 is 1.95 bits per heavy atom. The van der Waals surface area contributed by atoms with Crippen molar-refractivity contribution in [3.63, 3.8) is 0 Å². The molecule has 0 aromatic heterocycles. The summed E-state index contributed by atoms with van der Waals surface area (Å²) < 4.78 is 11.4. The number of halogens is 1. The highest BCUT2D eigenvalue weighted by atomic mass is 79.9. The Morgan fingerprint density at radius 3 is 2.70 bits per heavy atom. The summed E-state index contributed by atoms with van der Waals surface area (Å²) in [6, 6.07) is 10.9. The highest BCUT2D eigenvalue weighted by molar-refractivity contribution is 9.10. The third-order valence-corrected chi connectivity index (χ3v) is 3.99. The molecule has 0 spiro atoms. The summed E-state index contributed by atoms with van der Waals surface area (Å²) in [5, 5.41) is 0. The molecule has 0 aliphatic carbocycles. The van der Waals surface area contributed by atoms with Gasteiger partial charge >= 0.3 is 0 Å². The largest absolute Gasteiger partial charge is 0.496 e. The van der Waals surface area contributed by atoms with Crippen LogP contribution in [0.3, 0.4) is 0 Å². The van der Waals surface area contributed by atoms with Gasteiger partial charge in [0, 0.05) is 17.5 Å². The van der Waals surface area contributed by atoms with Crippen LogP contribution in [0.25, 0.3) is 0 Å². The molecule has 1 aliphatic rings. The molecule has 2 aromatic carbocycles. The van der Waals surface area contributed by atoms with Gasteiger partial charge in [-0.1, -0.05) is 0 Å². The Bertz CT molecular complexity index is 679. The first-order chi connectivity index (χ1) is 9.69. The van der Waals surface area contributed by atoms with Crippen molar-refractivity contribution < 1.29 is 14.3 Å². The fourth-order valence-electron chi connectivity index (χ4n) is 2.30. The van der Waals surface area contributed by atoms with Crippen LogP contribution in [0.1, 0.15) is 21.5 Å². The molecule has 0 atom stereocenters. The van der Waals surface area contributed by atoms with E-state index < -0.39 is 0 Å². The van der Waals surface area contributed by atoms with E-state index in [0.29, 0.717) is 23.5 Å². The smallest absolute Gasteiger partial charge is 0.193 e. The summed E-state index contributed by atoms with van der Waals surface area (Å²) in [7, 11) is 1.60. The first-order valence-electron chi connectivity index (χ1n) is 6.33. The molecule has 0 fully saturated rings. The van der Waals surface area contributed by atoms with Gasteiger partial charge in [-0.2, -0.15) is 0 Å². The third-order valence-electron chi connectivity index (χ3n) is 3.37. The Kier molecular flexibility index (Phi) is 3.49. The molecular formula is C16H13BrO3. The Morgan fingerprint density at radius 1 is 1.20 bits per heavy atom. The summed E-state index contributed by atoms with van der Waals surface area (Å²) in [4.78, 5) is 12.5. The van der Waals surface area contributed by atoms with Crippen LogP contribution in [0.5, 0.6) is 11.5 Å². The van der Waals surface area contributed by atoms with Crippen molar-refractivity contribution >= 4 is 21.7 Å². The van der Waals surface area contributed by atoms with Crippen molar-refractivity contribution in [2.24, 2.45) is 0 Å². The molecular weight excluding hydrogens is 320 g/mol. The van der Waals surface area contributed by atoms with Gasteiger partial charge in [0.05, 0.1) is 18.2 Å². The highest BCUT2D eigenvalue weighted by Crippen LogP contribution is 2.29. The molecule has 0 bridgehead atoms. The summed E-state index contributed by atoms with van der Waals surface area (Å²) in [6.45, 7) is 0.695. The zero-order valence-corrected chi connectivity index (χ0v) is 12.6. The van der Waals surface area contributed by atoms with Gasteiger partial charge in [0.2, 0.25) is 0 Å². The third kappa shape index (κ3) is 2.31. The Balaban J connectivity index is 1.94. The van der Waals surface area contributed by atoms with Crippen molar-refractivity contribution in [3.8, 4) is 11.5 Å². The van der Waals surface area contributed by atoms with Crippen LogP contribution in [0, 0.1) is 0 Å². The lowest BCUT2D eigenvalue weighted by Gasteiger charge is -2.07. The zero-order chi connectivity index (χ0) is 14.1. The van der Waals surface area contributed by atoms with E-state index in [4.69, 9.17) is 9.47 Å². The first-order valence-corrected chi connectivity index (χ1v) is 7.12. The molecule has 3 rings (SSSR count). The standard InChI is InChI=1S/C16H13BrO3/c1-19-15-5-3-12(9-13(15)17)16(18)11-2-4-14-10(8-11)6-7-20-14/h2-5,8-9H,6-7H2,1H3. The van der Waals surface area contributed by atoms with Gasteiger partial charge in [-0.05, 0) is 57.9 Å². The summed E-state index contributed by atoms with van der Waals surface area (Å²) >= 11 is 3.40. The Labute approximate surface area is 125 Å². The van der Waals surface area contributed by atoms with Crippen LogP contribution >= 0.6 is 15.9 Å². The van der Waals surface area contributed by atoms with Crippen molar-refractivity contribution in [1.29, 1.82) is 0 Å². The minimum Gasteiger partial charge on any atom is -0.496 e. The normalized spacial score (nSPS) is 12.7. The van der Waals surface area contributed by atoms with E-state index in [2.05, 4.69) is 15.9 Å². The molecule has 3 nitrogen and oxygen atoms in total.